The summed E-state index contributed by atoms with van der Waals surface area (Å²) < 4.78 is 26.8. The third-order valence-electron chi connectivity index (χ3n) is 3.46. The summed E-state index contributed by atoms with van der Waals surface area (Å²) in [5, 5.41) is 0.290. The van der Waals surface area contributed by atoms with Crippen LogP contribution in [-0.4, -0.2) is 34.4 Å². The standard InChI is InChI=1S/C13H16F2N2OS/c1-7-8(2)19-4-3-17(7)13(18)9-5-12(16)11(15)6-10(9)14/h5-8H,3-4,16H2,1-2H3. The van der Waals surface area contributed by atoms with Crippen LogP contribution in [0.5, 0.6) is 0 Å². The SMILES string of the molecule is CC1SCCN(C(=O)c2cc(N)c(F)cc2F)C1C. The third-order valence-corrected chi connectivity index (χ3v) is 4.80. The van der Waals surface area contributed by atoms with E-state index in [1.807, 2.05) is 13.8 Å². The fraction of sp³-hybridized carbons (Fsp3) is 0.462. The molecule has 2 N–H and O–H groups in total. The van der Waals surface area contributed by atoms with Crippen LogP contribution in [0.4, 0.5) is 14.5 Å². The quantitative estimate of drug-likeness (QED) is 0.807. The third kappa shape index (κ3) is 2.68. The van der Waals surface area contributed by atoms with Gasteiger partial charge in [-0.1, -0.05) is 6.92 Å². The molecule has 1 heterocycles. The smallest absolute Gasteiger partial charge is 0.257 e. The number of rotatable bonds is 1. The van der Waals surface area contributed by atoms with Crippen LogP contribution in [0, 0.1) is 11.6 Å². The maximum absolute atomic E-state index is 13.7. The van der Waals surface area contributed by atoms with Crippen LogP contribution in [0.15, 0.2) is 12.1 Å². The maximum Gasteiger partial charge on any atom is 0.257 e. The number of benzene rings is 1. The zero-order valence-corrected chi connectivity index (χ0v) is 11.6. The molecule has 3 nitrogen and oxygen atoms in total. The number of nitrogens with zero attached hydrogens (tertiary/aromatic N) is 1. The number of carbonyl (C=O) groups is 1. The fourth-order valence-corrected chi connectivity index (χ4v) is 3.20. The van der Waals surface area contributed by atoms with E-state index < -0.39 is 17.5 Å². The zero-order valence-electron chi connectivity index (χ0n) is 10.8. The lowest BCUT2D eigenvalue weighted by Gasteiger charge is -2.37. The number of anilines is 1. The highest BCUT2D eigenvalue weighted by Crippen LogP contribution is 2.27. The van der Waals surface area contributed by atoms with Gasteiger partial charge in [0.2, 0.25) is 0 Å². The van der Waals surface area contributed by atoms with E-state index in [4.69, 9.17) is 5.73 Å². The topological polar surface area (TPSA) is 46.3 Å². The number of halogens is 2. The molecule has 0 saturated carbocycles. The molecule has 0 aliphatic carbocycles. The Morgan fingerprint density at radius 1 is 1.37 bits per heavy atom. The Bertz CT molecular complexity index is 510. The monoisotopic (exact) mass is 286 g/mol. The Balaban J connectivity index is 2.31. The first-order chi connectivity index (χ1) is 8.91. The van der Waals surface area contributed by atoms with Crippen LogP contribution >= 0.6 is 11.8 Å². The second-order valence-electron chi connectivity index (χ2n) is 4.67. The van der Waals surface area contributed by atoms with Gasteiger partial charge in [-0.05, 0) is 13.0 Å². The molecule has 2 atom stereocenters. The average molecular weight is 286 g/mol. The van der Waals surface area contributed by atoms with Crippen LogP contribution in [-0.2, 0) is 0 Å². The largest absolute Gasteiger partial charge is 0.396 e. The molecule has 0 spiro atoms. The van der Waals surface area contributed by atoms with Crippen LogP contribution in [0.25, 0.3) is 0 Å². The Morgan fingerprint density at radius 2 is 2.05 bits per heavy atom. The normalized spacial score (nSPS) is 23.5. The number of nitrogens with two attached hydrogens (primary N) is 1. The lowest BCUT2D eigenvalue weighted by Crippen LogP contribution is -2.48. The number of carbonyl (C=O) groups excluding carboxylic acids is 1. The van der Waals surface area contributed by atoms with Crippen molar-refractivity contribution in [2.24, 2.45) is 0 Å². The zero-order chi connectivity index (χ0) is 14.2. The molecular formula is C13H16F2N2OS. The van der Waals surface area contributed by atoms with E-state index >= 15 is 0 Å². The molecule has 1 aliphatic heterocycles. The lowest BCUT2D eigenvalue weighted by atomic mass is 10.1. The van der Waals surface area contributed by atoms with Gasteiger partial charge in [-0.25, -0.2) is 8.78 Å². The highest BCUT2D eigenvalue weighted by Gasteiger charge is 2.31. The Hall–Kier alpha value is -1.30. The van der Waals surface area contributed by atoms with Gasteiger partial charge in [0, 0.05) is 29.7 Å². The summed E-state index contributed by atoms with van der Waals surface area (Å²) >= 11 is 1.78. The fourth-order valence-electron chi connectivity index (χ4n) is 2.10. The Kier molecular flexibility index (Phi) is 3.99. The van der Waals surface area contributed by atoms with Gasteiger partial charge in [-0.15, -0.1) is 0 Å². The predicted molar refractivity (Wildman–Crippen MR) is 73.2 cm³/mol. The van der Waals surface area contributed by atoms with E-state index in [9.17, 15) is 13.6 Å². The number of thioether (sulfide) groups is 1. The first-order valence-electron chi connectivity index (χ1n) is 6.09. The number of hydrogen-bond acceptors (Lipinski definition) is 3. The predicted octanol–water partition coefficient (Wildman–Crippen LogP) is 2.51. The van der Waals surface area contributed by atoms with E-state index in [0.29, 0.717) is 17.9 Å². The Morgan fingerprint density at radius 3 is 2.74 bits per heavy atom. The molecule has 1 amide bonds. The highest BCUT2D eigenvalue weighted by atomic mass is 32.2. The van der Waals surface area contributed by atoms with Crippen molar-refractivity contribution >= 4 is 23.4 Å². The van der Waals surface area contributed by atoms with Crippen molar-refractivity contribution < 1.29 is 13.6 Å². The highest BCUT2D eigenvalue weighted by molar-refractivity contribution is 8.00. The second kappa shape index (κ2) is 5.36. The first-order valence-corrected chi connectivity index (χ1v) is 7.13. The van der Waals surface area contributed by atoms with Gasteiger partial charge < -0.3 is 10.6 Å². The Labute approximate surface area is 115 Å². The number of nitrogen functional groups attached to an aromatic ring is 1. The molecule has 1 aromatic carbocycles. The van der Waals surface area contributed by atoms with E-state index in [0.717, 1.165) is 11.8 Å². The van der Waals surface area contributed by atoms with Crippen molar-refractivity contribution in [3.05, 3.63) is 29.3 Å². The molecule has 2 rings (SSSR count). The summed E-state index contributed by atoms with van der Waals surface area (Å²) in [5.41, 5.74) is 5.03. The molecule has 1 aromatic rings. The molecule has 0 radical (unpaired) electrons. The minimum absolute atomic E-state index is 0.0110. The second-order valence-corrected chi connectivity index (χ2v) is 6.15. The van der Waals surface area contributed by atoms with Crippen LogP contribution in [0.2, 0.25) is 0 Å². The summed E-state index contributed by atoms with van der Waals surface area (Å²) in [6, 6.07) is 1.75. The molecular weight excluding hydrogens is 270 g/mol. The molecule has 19 heavy (non-hydrogen) atoms. The summed E-state index contributed by atoms with van der Waals surface area (Å²) in [6.45, 7) is 4.52. The molecule has 0 aromatic heterocycles. The lowest BCUT2D eigenvalue weighted by molar-refractivity contribution is 0.0693. The summed E-state index contributed by atoms with van der Waals surface area (Å²) in [6.07, 6.45) is 0. The van der Waals surface area contributed by atoms with Crippen molar-refractivity contribution in [2.45, 2.75) is 25.1 Å². The van der Waals surface area contributed by atoms with Crippen molar-refractivity contribution in [3.8, 4) is 0 Å². The molecule has 0 bridgehead atoms. The van der Waals surface area contributed by atoms with Gasteiger partial charge in [0.05, 0.1) is 11.3 Å². The van der Waals surface area contributed by atoms with Crippen molar-refractivity contribution in [1.29, 1.82) is 0 Å². The van der Waals surface area contributed by atoms with Gasteiger partial charge in [-0.2, -0.15) is 11.8 Å². The van der Waals surface area contributed by atoms with Crippen molar-refractivity contribution in [2.75, 3.05) is 18.0 Å². The minimum Gasteiger partial charge on any atom is -0.396 e. The molecule has 2 unspecified atom stereocenters. The van der Waals surface area contributed by atoms with Crippen molar-refractivity contribution in [1.82, 2.24) is 4.90 Å². The van der Waals surface area contributed by atoms with E-state index in [1.54, 1.807) is 16.7 Å². The molecule has 1 aliphatic rings. The van der Waals surface area contributed by atoms with Gasteiger partial charge >= 0.3 is 0 Å². The van der Waals surface area contributed by atoms with Crippen LogP contribution < -0.4 is 5.73 Å². The van der Waals surface area contributed by atoms with Crippen LogP contribution in [0.3, 0.4) is 0 Å². The van der Waals surface area contributed by atoms with Crippen molar-refractivity contribution in [3.63, 3.8) is 0 Å². The molecule has 1 fully saturated rings. The van der Waals surface area contributed by atoms with E-state index in [-0.39, 0.29) is 17.3 Å². The van der Waals surface area contributed by atoms with E-state index in [2.05, 4.69) is 0 Å². The van der Waals surface area contributed by atoms with Crippen LogP contribution in [0.1, 0.15) is 24.2 Å². The summed E-state index contributed by atoms with van der Waals surface area (Å²) in [5.74, 6) is -1.32. The molecule has 1 saturated heterocycles. The average Bonchev–Trinajstić information content (AvgIpc) is 2.36. The minimum atomic E-state index is -0.866. The van der Waals surface area contributed by atoms with Gasteiger partial charge in [-0.3, -0.25) is 4.79 Å². The maximum atomic E-state index is 13.7. The summed E-state index contributed by atoms with van der Waals surface area (Å²) in [4.78, 5) is 14.0. The number of hydrogen-bond donors (Lipinski definition) is 1. The van der Waals surface area contributed by atoms with Gasteiger partial charge in [0.25, 0.3) is 5.91 Å². The molecule has 104 valence electrons. The van der Waals surface area contributed by atoms with Gasteiger partial charge in [0.15, 0.2) is 0 Å². The molecule has 6 heteroatoms. The van der Waals surface area contributed by atoms with E-state index in [1.165, 1.54) is 0 Å². The first kappa shape index (κ1) is 14.1. The van der Waals surface area contributed by atoms with Gasteiger partial charge in [0.1, 0.15) is 11.6 Å². The number of amides is 1. The summed E-state index contributed by atoms with van der Waals surface area (Å²) in [7, 11) is 0.